The van der Waals surface area contributed by atoms with Crippen LogP contribution in [-0.2, 0) is 0 Å². The Bertz CT molecular complexity index is 476. The van der Waals surface area contributed by atoms with Gasteiger partial charge >= 0.3 is 223 Å². The molecule has 0 unspecified atom stereocenters. The Labute approximate surface area is 223 Å². The predicted molar refractivity (Wildman–Crippen MR) is 169 cm³/mol. The molecule has 0 aliphatic heterocycles. The van der Waals surface area contributed by atoms with E-state index in [0.717, 1.165) is 0 Å². The molecule has 0 spiro atoms. The van der Waals surface area contributed by atoms with Gasteiger partial charge in [-0.2, -0.15) is 0 Å². The van der Waals surface area contributed by atoms with Crippen LogP contribution in [0.25, 0.3) is 0 Å². The van der Waals surface area contributed by atoms with Crippen molar-refractivity contribution in [1.29, 1.82) is 0 Å². The molecule has 0 heterocycles. The Morgan fingerprint density at radius 3 is 0.857 bits per heavy atom. The van der Waals surface area contributed by atoms with Crippen molar-refractivity contribution in [2.45, 2.75) is 184 Å². The summed E-state index contributed by atoms with van der Waals surface area (Å²) in [6.45, 7) is 5.13. The summed E-state index contributed by atoms with van der Waals surface area (Å²) in [5, 5.41) is 0. The summed E-state index contributed by atoms with van der Waals surface area (Å²) in [5.41, 5.74) is 4.86. The third-order valence-corrected chi connectivity index (χ3v) is 26.6. The summed E-state index contributed by atoms with van der Waals surface area (Å²) in [6, 6.07) is 0. The molecule has 0 saturated heterocycles. The van der Waals surface area contributed by atoms with Crippen molar-refractivity contribution in [3.8, 4) is 0 Å². The summed E-state index contributed by atoms with van der Waals surface area (Å²) in [6.07, 6.45) is 43.6. The Morgan fingerprint density at radius 1 is 0.371 bits per heavy atom. The second-order valence-electron chi connectivity index (χ2n) is 14.2. The van der Waals surface area contributed by atoms with E-state index in [0.29, 0.717) is 0 Å². The molecule has 35 heavy (non-hydrogen) atoms. The summed E-state index contributed by atoms with van der Waals surface area (Å²) >= 11 is 0. The molecule has 4 aliphatic carbocycles. The molecule has 4 aliphatic rings. The topological polar surface area (TPSA) is 0 Å². The van der Waals surface area contributed by atoms with Crippen molar-refractivity contribution in [2.24, 2.45) is 0 Å². The van der Waals surface area contributed by atoms with Gasteiger partial charge in [-0.15, -0.1) is 0 Å². The first-order valence-corrected chi connectivity index (χ1v) is 22.4. The molecule has 2 heteroatoms. The molecule has 0 aromatic heterocycles. The van der Waals surface area contributed by atoms with Crippen LogP contribution in [0.15, 0.2) is 0 Å². The molecule has 0 radical (unpaired) electrons. The first-order valence-electron chi connectivity index (χ1n) is 17.2. The maximum absolute atomic E-state index is 2.56. The van der Waals surface area contributed by atoms with Gasteiger partial charge in [0.25, 0.3) is 0 Å². The van der Waals surface area contributed by atoms with Gasteiger partial charge in [-0.05, 0) is 0 Å². The third kappa shape index (κ3) is 7.09. The van der Waals surface area contributed by atoms with Crippen LogP contribution >= 0.6 is 14.5 Å². The molecule has 0 aromatic carbocycles. The van der Waals surface area contributed by atoms with E-state index in [2.05, 4.69) is 13.8 Å². The summed E-state index contributed by atoms with van der Waals surface area (Å²) in [7, 11) is -2.39. The van der Waals surface area contributed by atoms with Crippen LogP contribution in [0.4, 0.5) is 0 Å². The van der Waals surface area contributed by atoms with Gasteiger partial charge in [-0.1, -0.05) is 0 Å². The van der Waals surface area contributed by atoms with Crippen LogP contribution in [0.2, 0.25) is 0 Å². The number of hydrogen-bond acceptors (Lipinski definition) is 0. The molecule has 0 N–H and O–H groups in total. The molecular weight excluding hydrogens is 458 g/mol. The Kier molecular flexibility index (Phi) is 12.3. The predicted octanol–water partition coefficient (Wildman–Crippen LogP) is 11.0. The molecule has 4 rings (SSSR count). The third-order valence-electron chi connectivity index (χ3n) is 12.4. The fourth-order valence-electron chi connectivity index (χ4n) is 10.9. The summed E-state index contributed by atoms with van der Waals surface area (Å²) < 4.78 is 0. The quantitative estimate of drug-likeness (QED) is 0.223. The van der Waals surface area contributed by atoms with Crippen molar-refractivity contribution in [2.75, 3.05) is 24.6 Å². The molecule has 208 valence electrons. The minimum atomic E-state index is -1.19. The number of hydrogen-bond donors (Lipinski definition) is 0. The second-order valence-corrected chi connectivity index (χ2v) is 24.4. The summed E-state index contributed by atoms with van der Waals surface area (Å²) in [4.78, 5) is 0. The van der Waals surface area contributed by atoms with E-state index in [-0.39, 0.29) is 0 Å². The van der Waals surface area contributed by atoms with Crippen molar-refractivity contribution in [3.05, 3.63) is 0 Å². The zero-order valence-electron chi connectivity index (χ0n) is 24.4. The second kappa shape index (κ2) is 14.9. The van der Waals surface area contributed by atoms with Gasteiger partial charge in [0, 0.05) is 0 Å². The van der Waals surface area contributed by atoms with E-state index < -0.39 is 14.5 Å². The van der Waals surface area contributed by atoms with Gasteiger partial charge in [0.1, 0.15) is 0 Å². The normalized spacial score (nSPS) is 26.1. The van der Waals surface area contributed by atoms with Crippen LogP contribution < -0.4 is 0 Å². The first kappa shape index (κ1) is 28.9. The van der Waals surface area contributed by atoms with E-state index in [4.69, 9.17) is 0 Å². The molecule has 4 saturated carbocycles. The minimum absolute atomic E-state index is 1.19. The van der Waals surface area contributed by atoms with E-state index in [9.17, 15) is 0 Å². The van der Waals surface area contributed by atoms with E-state index in [1.165, 1.54) is 35.5 Å². The molecule has 0 atom stereocenters. The van der Waals surface area contributed by atoms with Crippen LogP contribution in [-0.4, -0.2) is 47.3 Å². The molecular formula is C33H66P2. The van der Waals surface area contributed by atoms with E-state index in [1.807, 2.05) is 0 Å². The van der Waals surface area contributed by atoms with Gasteiger partial charge in [0.15, 0.2) is 0 Å². The Balaban J connectivity index is 1.55. The SMILES string of the molecule is CCC[PH](CCC[PH](CCC)(C1CCCCC1)C1CCCCC1)(C1CCCCC1)C1CCCCC1. The van der Waals surface area contributed by atoms with Crippen molar-refractivity contribution in [3.63, 3.8) is 0 Å². The van der Waals surface area contributed by atoms with Crippen molar-refractivity contribution >= 4 is 14.5 Å². The zero-order valence-corrected chi connectivity index (χ0v) is 26.4. The average molecular weight is 525 g/mol. The van der Waals surface area contributed by atoms with Gasteiger partial charge in [0.05, 0.1) is 0 Å². The zero-order chi connectivity index (χ0) is 24.4. The van der Waals surface area contributed by atoms with Gasteiger partial charge in [-0.25, -0.2) is 0 Å². The van der Waals surface area contributed by atoms with Crippen LogP contribution in [0.5, 0.6) is 0 Å². The Morgan fingerprint density at radius 2 is 0.629 bits per heavy atom. The van der Waals surface area contributed by atoms with Crippen LogP contribution in [0.1, 0.15) is 162 Å². The fourth-order valence-corrected chi connectivity index (χ4v) is 26.2. The molecule has 0 amide bonds. The standard InChI is InChI=1S/C33H66P2/c1-3-26-34(30-18-9-5-10-19-30,31-20-11-6-12-21-31)28-17-29-35(27-4-2,32-22-13-7-14-23-32)33-24-15-8-16-25-33/h30-35H,3-29H2,1-2H3. The maximum atomic E-state index is 2.56. The van der Waals surface area contributed by atoms with Gasteiger partial charge in [-0.3, -0.25) is 0 Å². The molecule has 0 nitrogen and oxygen atoms in total. The van der Waals surface area contributed by atoms with Crippen molar-refractivity contribution < 1.29 is 0 Å². The molecule has 4 fully saturated rings. The number of rotatable bonds is 12. The van der Waals surface area contributed by atoms with Crippen molar-refractivity contribution in [1.82, 2.24) is 0 Å². The summed E-state index contributed by atoms with van der Waals surface area (Å²) in [5.74, 6) is 0. The first-order chi connectivity index (χ1) is 17.2. The van der Waals surface area contributed by atoms with Gasteiger partial charge < -0.3 is 0 Å². The Hall–Kier alpha value is 0.860. The average Bonchev–Trinajstić information content (AvgIpc) is 2.94. The van der Waals surface area contributed by atoms with Crippen LogP contribution in [0.3, 0.4) is 0 Å². The molecule has 0 aromatic rings. The van der Waals surface area contributed by atoms with Crippen LogP contribution in [0, 0.1) is 0 Å². The van der Waals surface area contributed by atoms with E-state index >= 15 is 0 Å². The molecule has 0 bridgehead atoms. The monoisotopic (exact) mass is 524 g/mol. The van der Waals surface area contributed by atoms with E-state index in [1.54, 1.807) is 159 Å². The fraction of sp³-hybridized carbons (Fsp3) is 1.00. The van der Waals surface area contributed by atoms with Gasteiger partial charge in [0.2, 0.25) is 0 Å².